The van der Waals surface area contributed by atoms with Crippen molar-refractivity contribution in [2.75, 3.05) is 18.9 Å². The van der Waals surface area contributed by atoms with Gasteiger partial charge in [0.1, 0.15) is 5.54 Å². The number of hydrogen-bond acceptors (Lipinski definition) is 4. The molecule has 2 rings (SSSR count). The highest BCUT2D eigenvalue weighted by Gasteiger charge is 2.37. The fraction of sp³-hybridized carbons (Fsp3) is 0.444. The maximum atomic E-state index is 6.01. The van der Waals surface area contributed by atoms with Gasteiger partial charge in [0, 0.05) is 0 Å². The Morgan fingerprint density at radius 2 is 2.15 bits per heavy atom. The molecule has 0 saturated carbocycles. The van der Waals surface area contributed by atoms with Gasteiger partial charge in [-0.2, -0.15) is 0 Å². The standard InChI is InChI=1S/C9H13N3O/c1-6-7(10)2-3-8(12-6)9(11)4-13-5-9/h2-3H,4-5,10-11H2,1H3. The lowest BCUT2D eigenvalue weighted by atomic mass is 9.94. The maximum Gasteiger partial charge on any atom is 0.106 e. The smallest absolute Gasteiger partial charge is 0.106 e. The third kappa shape index (κ3) is 1.28. The molecule has 0 aliphatic carbocycles. The minimum Gasteiger partial charge on any atom is -0.397 e. The molecule has 0 bridgehead atoms. The van der Waals surface area contributed by atoms with Crippen molar-refractivity contribution >= 4 is 5.69 Å². The Hall–Kier alpha value is -1.13. The number of anilines is 1. The molecule has 0 radical (unpaired) electrons. The zero-order valence-corrected chi connectivity index (χ0v) is 7.58. The maximum absolute atomic E-state index is 6.01. The second kappa shape index (κ2) is 2.68. The van der Waals surface area contributed by atoms with Gasteiger partial charge < -0.3 is 16.2 Å². The Kier molecular flexibility index (Phi) is 1.75. The zero-order valence-electron chi connectivity index (χ0n) is 7.58. The number of ether oxygens (including phenoxy) is 1. The van der Waals surface area contributed by atoms with Crippen molar-refractivity contribution in [2.24, 2.45) is 5.73 Å². The van der Waals surface area contributed by atoms with E-state index in [-0.39, 0.29) is 0 Å². The molecule has 0 unspecified atom stereocenters. The third-order valence-electron chi connectivity index (χ3n) is 2.36. The molecule has 0 aromatic carbocycles. The van der Waals surface area contributed by atoms with Crippen molar-refractivity contribution < 1.29 is 4.74 Å². The minimum atomic E-state index is -0.390. The van der Waals surface area contributed by atoms with E-state index in [1.54, 1.807) is 0 Å². The van der Waals surface area contributed by atoms with Crippen molar-refractivity contribution in [3.8, 4) is 0 Å². The average molecular weight is 179 g/mol. The van der Waals surface area contributed by atoms with Crippen LogP contribution in [0.2, 0.25) is 0 Å². The lowest BCUT2D eigenvalue weighted by molar-refractivity contribution is -0.0590. The minimum absolute atomic E-state index is 0.390. The first-order valence-electron chi connectivity index (χ1n) is 4.22. The largest absolute Gasteiger partial charge is 0.397 e. The van der Waals surface area contributed by atoms with Crippen LogP contribution in [0.1, 0.15) is 11.4 Å². The van der Waals surface area contributed by atoms with Crippen molar-refractivity contribution in [3.63, 3.8) is 0 Å². The number of nitrogen functional groups attached to an aromatic ring is 1. The average Bonchev–Trinajstić information content (AvgIpc) is 2.06. The number of rotatable bonds is 1. The molecule has 4 N–H and O–H groups in total. The van der Waals surface area contributed by atoms with Crippen LogP contribution in [-0.2, 0) is 10.3 Å². The normalized spacial score (nSPS) is 19.5. The van der Waals surface area contributed by atoms with Crippen molar-refractivity contribution in [2.45, 2.75) is 12.5 Å². The van der Waals surface area contributed by atoms with Crippen LogP contribution in [0, 0.1) is 6.92 Å². The summed E-state index contributed by atoms with van der Waals surface area (Å²) in [6, 6.07) is 3.70. The van der Waals surface area contributed by atoms with E-state index in [0.717, 1.165) is 11.4 Å². The van der Waals surface area contributed by atoms with Crippen molar-refractivity contribution in [3.05, 3.63) is 23.5 Å². The molecular formula is C9H13N3O. The fourth-order valence-electron chi connectivity index (χ4n) is 1.32. The molecule has 1 aliphatic rings. The molecule has 1 fully saturated rings. The molecule has 0 atom stereocenters. The number of hydrogen-bond donors (Lipinski definition) is 2. The molecule has 1 aromatic rings. The van der Waals surface area contributed by atoms with Gasteiger partial charge in [-0.05, 0) is 19.1 Å². The van der Waals surface area contributed by atoms with Crippen LogP contribution in [0.3, 0.4) is 0 Å². The quantitative estimate of drug-likeness (QED) is 0.644. The van der Waals surface area contributed by atoms with E-state index in [1.807, 2.05) is 19.1 Å². The van der Waals surface area contributed by atoms with Gasteiger partial charge in [0.25, 0.3) is 0 Å². The van der Waals surface area contributed by atoms with E-state index >= 15 is 0 Å². The predicted molar refractivity (Wildman–Crippen MR) is 50.1 cm³/mol. The van der Waals surface area contributed by atoms with Gasteiger partial charge in [0.05, 0.1) is 30.3 Å². The molecule has 1 saturated heterocycles. The van der Waals surface area contributed by atoms with Crippen LogP contribution >= 0.6 is 0 Å². The van der Waals surface area contributed by atoms with Gasteiger partial charge in [-0.1, -0.05) is 0 Å². The van der Waals surface area contributed by atoms with Gasteiger partial charge >= 0.3 is 0 Å². The Labute approximate surface area is 76.9 Å². The molecule has 70 valence electrons. The van der Waals surface area contributed by atoms with Crippen LogP contribution in [0.25, 0.3) is 0 Å². The molecule has 0 amide bonds. The van der Waals surface area contributed by atoms with E-state index in [1.165, 1.54) is 0 Å². The topological polar surface area (TPSA) is 74.2 Å². The lowest BCUT2D eigenvalue weighted by Gasteiger charge is -2.37. The van der Waals surface area contributed by atoms with Crippen LogP contribution < -0.4 is 11.5 Å². The van der Waals surface area contributed by atoms with E-state index < -0.39 is 5.54 Å². The van der Waals surface area contributed by atoms with Gasteiger partial charge in [-0.25, -0.2) is 0 Å². The molecular weight excluding hydrogens is 166 g/mol. The van der Waals surface area contributed by atoms with Crippen molar-refractivity contribution in [1.29, 1.82) is 0 Å². The predicted octanol–water partition coefficient (Wildman–Crippen LogP) is 0.156. The van der Waals surface area contributed by atoms with E-state index in [0.29, 0.717) is 18.9 Å². The van der Waals surface area contributed by atoms with Gasteiger partial charge in [0.15, 0.2) is 0 Å². The second-order valence-electron chi connectivity index (χ2n) is 3.52. The Balaban J connectivity index is 2.36. The third-order valence-corrected chi connectivity index (χ3v) is 2.36. The van der Waals surface area contributed by atoms with Crippen molar-refractivity contribution in [1.82, 2.24) is 4.98 Å². The summed E-state index contributed by atoms with van der Waals surface area (Å²) >= 11 is 0. The van der Waals surface area contributed by atoms with E-state index in [4.69, 9.17) is 16.2 Å². The summed E-state index contributed by atoms with van der Waals surface area (Å²) in [4.78, 5) is 4.34. The van der Waals surface area contributed by atoms with Crippen LogP contribution in [0.15, 0.2) is 12.1 Å². The summed E-state index contributed by atoms with van der Waals surface area (Å²) in [7, 11) is 0. The second-order valence-corrected chi connectivity index (χ2v) is 3.52. The zero-order chi connectivity index (χ0) is 9.47. The molecule has 1 aromatic heterocycles. The Morgan fingerprint density at radius 3 is 2.62 bits per heavy atom. The number of aryl methyl sites for hydroxylation is 1. The molecule has 13 heavy (non-hydrogen) atoms. The summed E-state index contributed by atoms with van der Waals surface area (Å²) < 4.78 is 5.07. The van der Waals surface area contributed by atoms with Crippen LogP contribution in [0.4, 0.5) is 5.69 Å². The Morgan fingerprint density at radius 1 is 1.46 bits per heavy atom. The SMILES string of the molecule is Cc1nc(C2(N)COC2)ccc1N. The molecule has 0 spiro atoms. The number of aromatic nitrogens is 1. The van der Waals surface area contributed by atoms with Crippen LogP contribution in [-0.4, -0.2) is 18.2 Å². The highest BCUT2D eigenvalue weighted by molar-refractivity contribution is 5.43. The van der Waals surface area contributed by atoms with E-state index in [9.17, 15) is 0 Å². The molecule has 2 heterocycles. The first-order valence-corrected chi connectivity index (χ1v) is 4.22. The number of nitrogens with two attached hydrogens (primary N) is 2. The van der Waals surface area contributed by atoms with Crippen LogP contribution in [0.5, 0.6) is 0 Å². The highest BCUT2D eigenvalue weighted by atomic mass is 16.5. The number of pyridine rings is 1. The first-order chi connectivity index (χ1) is 6.12. The summed E-state index contributed by atoms with van der Waals surface area (Å²) in [5, 5.41) is 0. The van der Waals surface area contributed by atoms with Gasteiger partial charge in [-0.3, -0.25) is 4.98 Å². The summed E-state index contributed by atoms with van der Waals surface area (Å²) in [6.45, 7) is 2.97. The summed E-state index contributed by atoms with van der Waals surface area (Å²) in [5.41, 5.74) is 13.7. The van der Waals surface area contributed by atoms with E-state index in [2.05, 4.69) is 4.98 Å². The first kappa shape index (κ1) is 8.47. The summed E-state index contributed by atoms with van der Waals surface area (Å²) in [5.74, 6) is 0. The Bertz CT molecular complexity index is 334. The fourth-order valence-corrected chi connectivity index (χ4v) is 1.32. The molecule has 1 aliphatic heterocycles. The van der Waals surface area contributed by atoms with Gasteiger partial charge in [0.2, 0.25) is 0 Å². The highest BCUT2D eigenvalue weighted by Crippen LogP contribution is 2.25. The number of nitrogens with zero attached hydrogens (tertiary/aromatic N) is 1. The lowest BCUT2D eigenvalue weighted by Crippen LogP contribution is -2.54. The molecule has 4 heteroatoms. The summed E-state index contributed by atoms with van der Waals surface area (Å²) in [6.07, 6.45) is 0. The molecule has 4 nitrogen and oxygen atoms in total. The monoisotopic (exact) mass is 179 g/mol. The van der Waals surface area contributed by atoms with Gasteiger partial charge in [-0.15, -0.1) is 0 Å².